The summed E-state index contributed by atoms with van der Waals surface area (Å²) in [6.07, 6.45) is 3.11. The lowest BCUT2D eigenvalue weighted by Crippen LogP contribution is -2.45. The van der Waals surface area contributed by atoms with Gasteiger partial charge < -0.3 is 5.32 Å². The summed E-state index contributed by atoms with van der Waals surface area (Å²) in [4.78, 5) is 15.4. The van der Waals surface area contributed by atoms with Crippen molar-refractivity contribution in [1.82, 2.24) is 20.5 Å². The van der Waals surface area contributed by atoms with Crippen LogP contribution in [0.2, 0.25) is 0 Å². The van der Waals surface area contributed by atoms with Gasteiger partial charge in [-0.05, 0) is 19.8 Å². The van der Waals surface area contributed by atoms with E-state index < -0.39 is 0 Å². The number of aromatic amines is 1. The van der Waals surface area contributed by atoms with Gasteiger partial charge in [0.25, 0.3) is 5.91 Å². The second-order valence-corrected chi connectivity index (χ2v) is 3.56. The molecule has 0 saturated heterocycles. The van der Waals surface area contributed by atoms with Crippen LogP contribution in [0.15, 0.2) is 6.33 Å². The zero-order valence-electron chi connectivity index (χ0n) is 8.79. The van der Waals surface area contributed by atoms with Gasteiger partial charge in [0.05, 0.1) is 0 Å². The first kappa shape index (κ1) is 10.7. The highest BCUT2D eigenvalue weighted by molar-refractivity contribution is 5.90. The maximum Gasteiger partial charge on any atom is 0.289 e. The third-order valence-corrected chi connectivity index (χ3v) is 2.61. The van der Waals surface area contributed by atoms with Crippen molar-refractivity contribution >= 4 is 5.91 Å². The summed E-state index contributed by atoms with van der Waals surface area (Å²) in [6.45, 7) is 6.11. The van der Waals surface area contributed by atoms with E-state index in [0.717, 1.165) is 12.8 Å². The minimum atomic E-state index is -0.200. The first-order valence-corrected chi connectivity index (χ1v) is 4.79. The molecule has 0 spiro atoms. The maximum atomic E-state index is 11.6. The van der Waals surface area contributed by atoms with Gasteiger partial charge in [-0.3, -0.25) is 9.89 Å². The molecule has 1 heterocycles. The summed E-state index contributed by atoms with van der Waals surface area (Å²) in [5.41, 5.74) is -0.163. The molecular weight excluding hydrogens is 180 g/mol. The molecule has 0 fully saturated rings. The topological polar surface area (TPSA) is 70.7 Å². The van der Waals surface area contributed by atoms with Crippen LogP contribution in [0.5, 0.6) is 0 Å². The second kappa shape index (κ2) is 4.21. The van der Waals surface area contributed by atoms with Crippen LogP contribution >= 0.6 is 0 Å². The van der Waals surface area contributed by atoms with Crippen LogP contribution in [0.1, 0.15) is 44.2 Å². The summed E-state index contributed by atoms with van der Waals surface area (Å²) in [6, 6.07) is 0. The van der Waals surface area contributed by atoms with E-state index in [1.54, 1.807) is 0 Å². The minimum Gasteiger partial charge on any atom is -0.344 e. The first-order chi connectivity index (χ1) is 6.61. The molecule has 0 bridgehead atoms. The number of amides is 1. The number of nitrogens with zero attached hydrogens (tertiary/aromatic N) is 2. The molecule has 5 heteroatoms. The molecule has 0 atom stereocenters. The van der Waals surface area contributed by atoms with Crippen molar-refractivity contribution in [2.45, 2.75) is 39.2 Å². The molecule has 0 aliphatic carbocycles. The Labute approximate surface area is 83.3 Å². The Morgan fingerprint density at radius 1 is 1.57 bits per heavy atom. The Bertz CT molecular complexity index is 290. The Balaban J connectivity index is 2.65. The van der Waals surface area contributed by atoms with E-state index in [9.17, 15) is 4.79 Å². The fraction of sp³-hybridized carbons (Fsp3) is 0.667. The van der Waals surface area contributed by atoms with Gasteiger partial charge in [-0.2, -0.15) is 5.10 Å². The van der Waals surface area contributed by atoms with Crippen LogP contribution in [0.3, 0.4) is 0 Å². The predicted molar refractivity (Wildman–Crippen MR) is 52.8 cm³/mol. The first-order valence-electron chi connectivity index (χ1n) is 4.79. The smallest absolute Gasteiger partial charge is 0.289 e. The number of aromatic nitrogens is 3. The van der Waals surface area contributed by atoms with E-state index in [0.29, 0.717) is 0 Å². The largest absolute Gasteiger partial charge is 0.344 e. The second-order valence-electron chi connectivity index (χ2n) is 3.56. The van der Waals surface area contributed by atoms with Gasteiger partial charge >= 0.3 is 0 Å². The quantitative estimate of drug-likeness (QED) is 0.757. The molecule has 1 aromatic rings. The van der Waals surface area contributed by atoms with E-state index in [-0.39, 0.29) is 17.3 Å². The van der Waals surface area contributed by atoms with Crippen molar-refractivity contribution in [3.05, 3.63) is 12.2 Å². The van der Waals surface area contributed by atoms with Crippen molar-refractivity contribution in [2.24, 2.45) is 0 Å². The van der Waals surface area contributed by atoms with E-state index in [1.165, 1.54) is 6.33 Å². The summed E-state index contributed by atoms with van der Waals surface area (Å²) in [5.74, 6) is 0.0619. The molecule has 0 aliphatic heterocycles. The average Bonchev–Trinajstić information content (AvgIpc) is 2.70. The van der Waals surface area contributed by atoms with Crippen molar-refractivity contribution in [3.8, 4) is 0 Å². The fourth-order valence-electron chi connectivity index (χ4n) is 1.07. The van der Waals surface area contributed by atoms with Gasteiger partial charge in [0.1, 0.15) is 6.33 Å². The van der Waals surface area contributed by atoms with Crippen molar-refractivity contribution in [2.75, 3.05) is 0 Å². The van der Waals surface area contributed by atoms with Crippen LogP contribution in [-0.4, -0.2) is 26.6 Å². The summed E-state index contributed by atoms with van der Waals surface area (Å²) in [7, 11) is 0. The highest BCUT2D eigenvalue weighted by Crippen LogP contribution is 2.13. The molecule has 0 radical (unpaired) electrons. The van der Waals surface area contributed by atoms with E-state index in [1.807, 2.05) is 20.8 Å². The van der Waals surface area contributed by atoms with Crippen LogP contribution in [-0.2, 0) is 0 Å². The normalized spacial score (nSPS) is 11.4. The molecular formula is C9H16N4O. The fourth-order valence-corrected chi connectivity index (χ4v) is 1.07. The SMILES string of the molecule is CCC(C)(CC)NC(=O)c1ncn[nH]1. The van der Waals surface area contributed by atoms with Gasteiger partial charge in [-0.25, -0.2) is 4.98 Å². The number of H-pyrrole nitrogens is 1. The molecule has 1 aromatic heterocycles. The van der Waals surface area contributed by atoms with Crippen LogP contribution in [0, 0.1) is 0 Å². The molecule has 1 rings (SSSR count). The molecule has 0 unspecified atom stereocenters. The molecule has 1 amide bonds. The molecule has 5 nitrogen and oxygen atoms in total. The monoisotopic (exact) mass is 196 g/mol. The number of hydrogen-bond donors (Lipinski definition) is 2. The maximum absolute atomic E-state index is 11.6. The third kappa shape index (κ3) is 2.31. The van der Waals surface area contributed by atoms with Gasteiger partial charge in [0.2, 0.25) is 5.82 Å². The Hall–Kier alpha value is -1.39. The molecule has 14 heavy (non-hydrogen) atoms. The van der Waals surface area contributed by atoms with Crippen LogP contribution in [0.4, 0.5) is 0 Å². The average molecular weight is 196 g/mol. The Morgan fingerprint density at radius 2 is 2.21 bits per heavy atom. The number of carbonyl (C=O) groups is 1. The lowest BCUT2D eigenvalue weighted by molar-refractivity contribution is 0.0890. The van der Waals surface area contributed by atoms with E-state index >= 15 is 0 Å². The summed E-state index contributed by atoms with van der Waals surface area (Å²) < 4.78 is 0. The number of hydrogen-bond acceptors (Lipinski definition) is 3. The van der Waals surface area contributed by atoms with Crippen molar-refractivity contribution in [1.29, 1.82) is 0 Å². The van der Waals surface area contributed by atoms with E-state index in [4.69, 9.17) is 0 Å². The molecule has 0 aromatic carbocycles. The Morgan fingerprint density at radius 3 is 2.64 bits per heavy atom. The van der Waals surface area contributed by atoms with Gasteiger partial charge in [-0.1, -0.05) is 13.8 Å². The van der Waals surface area contributed by atoms with Gasteiger partial charge in [0, 0.05) is 5.54 Å². The predicted octanol–water partition coefficient (Wildman–Crippen LogP) is 1.11. The summed E-state index contributed by atoms with van der Waals surface area (Å²) >= 11 is 0. The minimum absolute atomic E-state index is 0.163. The van der Waals surface area contributed by atoms with Crippen LogP contribution in [0.25, 0.3) is 0 Å². The lowest BCUT2D eigenvalue weighted by atomic mass is 9.95. The zero-order valence-corrected chi connectivity index (χ0v) is 8.79. The zero-order chi connectivity index (χ0) is 10.6. The lowest BCUT2D eigenvalue weighted by Gasteiger charge is -2.27. The number of rotatable bonds is 4. The third-order valence-electron chi connectivity index (χ3n) is 2.61. The Kier molecular flexibility index (Phi) is 3.22. The molecule has 0 aliphatic rings. The van der Waals surface area contributed by atoms with E-state index in [2.05, 4.69) is 20.5 Å². The molecule has 0 saturated carbocycles. The number of nitrogens with one attached hydrogen (secondary N) is 2. The highest BCUT2D eigenvalue weighted by Gasteiger charge is 2.23. The molecule has 2 N–H and O–H groups in total. The van der Waals surface area contributed by atoms with Crippen LogP contribution < -0.4 is 5.32 Å². The van der Waals surface area contributed by atoms with Gasteiger partial charge in [0.15, 0.2) is 0 Å². The van der Waals surface area contributed by atoms with Gasteiger partial charge in [-0.15, -0.1) is 0 Å². The number of carbonyl (C=O) groups excluding carboxylic acids is 1. The molecule has 78 valence electrons. The highest BCUT2D eigenvalue weighted by atomic mass is 16.2. The van der Waals surface area contributed by atoms with Crippen molar-refractivity contribution in [3.63, 3.8) is 0 Å². The standard InChI is InChI=1S/C9H16N4O/c1-4-9(3,5-2)12-8(14)7-10-6-11-13-7/h6H,4-5H2,1-3H3,(H,12,14)(H,10,11,13). The summed E-state index contributed by atoms with van der Waals surface area (Å²) in [5, 5.41) is 9.08. The van der Waals surface area contributed by atoms with Crippen molar-refractivity contribution < 1.29 is 4.79 Å².